The second-order valence-electron chi connectivity index (χ2n) is 10.7. The van der Waals surface area contributed by atoms with E-state index in [1.807, 2.05) is 72.8 Å². The average molecular weight is 513 g/mol. The van der Waals surface area contributed by atoms with Crippen LogP contribution in [0.3, 0.4) is 0 Å². The van der Waals surface area contributed by atoms with E-state index in [2.05, 4.69) is 17.4 Å². The molecule has 198 valence electrons. The number of carbonyl (C=O) groups is 2. The number of aliphatic hydroxyl groups excluding tert-OH is 2. The van der Waals surface area contributed by atoms with Crippen molar-refractivity contribution >= 4 is 11.8 Å². The van der Waals surface area contributed by atoms with Gasteiger partial charge in [-0.25, -0.2) is 0 Å². The number of nitrogens with zero attached hydrogens (tertiary/aromatic N) is 1. The van der Waals surface area contributed by atoms with Crippen LogP contribution in [0.5, 0.6) is 0 Å². The van der Waals surface area contributed by atoms with E-state index in [4.69, 9.17) is 0 Å². The molecule has 3 aromatic rings. The smallest absolute Gasteiger partial charge is 0.224 e. The van der Waals surface area contributed by atoms with Crippen LogP contribution >= 0.6 is 0 Å². The van der Waals surface area contributed by atoms with Crippen LogP contribution in [-0.4, -0.2) is 51.7 Å². The van der Waals surface area contributed by atoms with Gasteiger partial charge in [-0.2, -0.15) is 0 Å². The van der Waals surface area contributed by atoms with Gasteiger partial charge in [-0.1, -0.05) is 84.9 Å². The average Bonchev–Trinajstić information content (AvgIpc) is 3.43. The van der Waals surface area contributed by atoms with Crippen LogP contribution in [0.15, 0.2) is 84.9 Å². The maximum Gasteiger partial charge on any atom is 0.224 e. The second-order valence-corrected chi connectivity index (χ2v) is 10.7. The molecule has 2 aliphatic rings. The lowest BCUT2D eigenvalue weighted by Crippen LogP contribution is -2.43. The van der Waals surface area contributed by atoms with Gasteiger partial charge < -0.3 is 20.4 Å². The van der Waals surface area contributed by atoms with E-state index in [-0.39, 0.29) is 30.8 Å². The molecule has 1 fully saturated rings. The summed E-state index contributed by atoms with van der Waals surface area (Å²) in [4.78, 5) is 28.1. The van der Waals surface area contributed by atoms with Crippen molar-refractivity contribution < 1.29 is 19.8 Å². The fourth-order valence-corrected chi connectivity index (χ4v) is 5.97. The third-order valence-corrected chi connectivity index (χ3v) is 7.93. The van der Waals surface area contributed by atoms with E-state index in [0.717, 1.165) is 29.5 Å². The number of amides is 2. The van der Waals surface area contributed by atoms with Gasteiger partial charge in [0.25, 0.3) is 0 Å². The summed E-state index contributed by atoms with van der Waals surface area (Å²) >= 11 is 0. The van der Waals surface area contributed by atoms with Crippen molar-refractivity contribution in [3.05, 3.63) is 107 Å². The van der Waals surface area contributed by atoms with Gasteiger partial charge in [0.2, 0.25) is 11.8 Å². The maximum absolute atomic E-state index is 13.6. The van der Waals surface area contributed by atoms with E-state index in [9.17, 15) is 19.8 Å². The van der Waals surface area contributed by atoms with E-state index >= 15 is 0 Å². The van der Waals surface area contributed by atoms with Gasteiger partial charge in [0.1, 0.15) is 0 Å². The highest BCUT2D eigenvalue weighted by molar-refractivity contribution is 5.80. The minimum Gasteiger partial charge on any atom is -0.391 e. The quantitative estimate of drug-likeness (QED) is 0.387. The van der Waals surface area contributed by atoms with E-state index in [1.165, 1.54) is 5.56 Å². The number of β-amino-alcohol motifs (C(OH)–C–C–N with tert-alkyl or cyclic N) is 1. The van der Waals surface area contributed by atoms with Gasteiger partial charge in [0.15, 0.2) is 0 Å². The Morgan fingerprint density at radius 1 is 0.947 bits per heavy atom. The highest BCUT2D eigenvalue weighted by Gasteiger charge is 2.36. The molecule has 38 heavy (non-hydrogen) atoms. The molecule has 6 nitrogen and oxygen atoms in total. The van der Waals surface area contributed by atoms with E-state index < -0.39 is 24.2 Å². The maximum atomic E-state index is 13.6. The summed E-state index contributed by atoms with van der Waals surface area (Å²) in [6, 6.07) is 27.2. The number of hydrogen-bond acceptors (Lipinski definition) is 4. The number of benzene rings is 3. The number of carbonyl (C=O) groups excluding carboxylic acids is 2. The first kappa shape index (κ1) is 26.1. The van der Waals surface area contributed by atoms with E-state index in [0.29, 0.717) is 19.3 Å². The van der Waals surface area contributed by atoms with Crippen LogP contribution in [0.2, 0.25) is 0 Å². The first-order chi connectivity index (χ1) is 18.5. The highest BCUT2D eigenvalue weighted by atomic mass is 16.3. The van der Waals surface area contributed by atoms with Gasteiger partial charge in [-0.15, -0.1) is 0 Å². The Morgan fingerprint density at radius 3 is 2.34 bits per heavy atom. The Hall–Kier alpha value is -3.48. The van der Waals surface area contributed by atoms with Gasteiger partial charge in [0.05, 0.1) is 18.2 Å². The zero-order chi connectivity index (χ0) is 26.5. The largest absolute Gasteiger partial charge is 0.391 e. The molecule has 1 aliphatic heterocycles. The molecule has 1 aliphatic carbocycles. The second kappa shape index (κ2) is 11.9. The topological polar surface area (TPSA) is 89.9 Å². The molecule has 0 spiro atoms. The molecule has 1 saturated heterocycles. The molecule has 3 aromatic carbocycles. The third-order valence-electron chi connectivity index (χ3n) is 7.93. The monoisotopic (exact) mass is 512 g/mol. The highest BCUT2D eigenvalue weighted by Crippen LogP contribution is 2.32. The van der Waals surface area contributed by atoms with Crippen molar-refractivity contribution in [2.45, 2.75) is 62.8 Å². The number of rotatable bonds is 10. The van der Waals surface area contributed by atoms with Crippen LogP contribution < -0.4 is 5.32 Å². The van der Waals surface area contributed by atoms with Crippen molar-refractivity contribution in [3.8, 4) is 0 Å². The molecule has 3 N–H and O–H groups in total. The number of likely N-dealkylation sites (tertiary alicyclic amines) is 1. The van der Waals surface area contributed by atoms with Gasteiger partial charge in [0, 0.05) is 31.3 Å². The van der Waals surface area contributed by atoms with E-state index in [1.54, 1.807) is 4.90 Å². The Balaban J connectivity index is 1.28. The van der Waals surface area contributed by atoms with Gasteiger partial charge >= 0.3 is 0 Å². The van der Waals surface area contributed by atoms with Crippen LogP contribution in [0.25, 0.3) is 0 Å². The number of hydrogen-bond donors (Lipinski definition) is 3. The minimum atomic E-state index is -0.837. The van der Waals surface area contributed by atoms with Crippen LogP contribution in [0.1, 0.15) is 47.6 Å². The van der Waals surface area contributed by atoms with Gasteiger partial charge in [-0.3, -0.25) is 9.59 Å². The van der Waals surface area contributed by atoms with Crippen LogP contribution in [0, 0.1) is 5.92 Å². The SMILES string of the molecule is O=C(N[C@H]1c2ccccc2C[C@H]1O)[C@@H](Cc1ccccc1)C[C@@H](O)CN1C(=O)CC[C@@H]1Cc1ccccc1. The molecule has 2 amide bonds. The lowest BCUT2D eigenvalue weighted by Gasteiger charge is -2.29. The number of nitrogens with one attached hydrogen (secondary N) is 1. The summed E-state index contributed by atoms with van der Waals surface area (Å²) in [7, 11) is 0. The molecule has 0 saturated carbocycles. The Kier molecular flexibility index (Phi) is 8.20. The van der Waals surface area contributed by atoms with Crippen molar-refractivity contribution in [3.63, 3.8) is 0 Å². The fraction of sp³-hybridized carbons (Fsp3) is 0.375. The molecule has 0 aromatic heterocycles. The zero-order valence-corrected chi connectivity index (χ0v) is 21.6. The summed E-state index contributed by atoms with van der Waals surface area (Å²) in [5.41, 5.74) is 4.16. The van der Waals surface area contributed by atoms with Crippen molar-refractivity contribution in [2.24, 2.45) is 5.92 Å². The number of aliphatic hydroxyl groups is 2. The Labute approximate surface area is 224 Å². The minimum absolute atomic E-state index is 0.0473. The first-order valence-electron chi connectivity index (χ1n) is 13.6. The van der Waals surface area contributed by atoms with Crippen molar-refractivity contribution in [1.82, 2.24) is 10.2 Å². The normalized spacial score (nSPS) is 22.2. The molecule has 5 atom stereocenters. The van der Waals surface area contributed by atoms with Crippen molar-refractivity contribution in [1.29, 1.82) is 0 Å². The predicted molar refractivity (Wildman–Crippen MR) is 146 cm³/mol. The summed E-state index contributed by atoms with van der Waals surface area (Å²) in [5.74, 6) is -0.639. The standard InChI is InChI=1S/C32H36N2O4/c35-27(21-34-26(15-16-30(34)37)18-23-11-5-2-6-12-23)19-25(17-22-9-3-1-4-10-22)32(38)33-31-28-14-8-7-13-24(28)20-29(31)36/h1-14,25-27,29,31,35-36H,15-21H2,(H,33,38)/t25-,26+,27+,29+,31-/m0/s1. The van der Waals surface area contributed by atoms with Crippen LogP contribution in [-0.2, 0) is 28.9 Å². The first-order valence-corrected chi connectivity index (χ1v) is 13.6. The molecule has 0 bridgehead atoms. The zero-order valence-electron chi connectivity index (χ0n) is 21.6. The third kappa shape index (κ3) is 6.14. The molecule has 0 unspecified atom stereocenters. The Morgan fingerprint density at radius 2 is 1.61 bits per heavy atom. The number of fused-ring (bicyclic) bond motifs is 1. The lowest BCUT2D eigenvalue weighted by molar-refractivity contribution is -0.131. The lowest BCUT2D eigenvalue weighted by atomic mass is 9.91. The molecular weight excluding hydrogens is 476 g/mol. The molecular formula is C32H36N2O4. The summed E-state index contributed by atoms with van der Waals surface area (Å²) in [5, 5.41) is 24.9. The molecule has 6 heteroatoms. The van der Waals surface area contributed by atoms with Crippen molar-refractivity contribution in [2.75, 3.05) is 6.54 Å². The summed E-state index contributed by atoms with van der Waals surface area (Å²) < 4.78 is 0. The Bertz CT molecular complexity index is 1230. The molecule has 5 rings (SSSR count). The summed E-state index contributed by atoms with van der Waals surface area (Å²) in [6.45, 7) is 0.212. The summed E-state index contributed by atoms with van der Waals surface area (Å²) in [6.07, 6.45) is 1.70. The molecule has 1 heterocycles. The van der Waals surface area contributed by atoms with Crippen LogP contribution in [0.4, 0.5) is 0 Å². The predicted octanol–water partition coefficient (Wildman–Crippen LogP) is 3.60. The van der Waals surface area contributed by atoms with Gasteiger partial charge in [-0.05, 0) is 47.9 Å². The fourth-order valence-electron chi connectivity index (χ4n) is 5.97. The molecule has 0 radical (unpaired) electrons.